The zero-order valence-electron chi connectivity index (χ0n) is 10.9. The quantitative estimate of drug-likeness (QED) is 0.348. The highest BCUT2D eigenvalue weighted by atomic mass is 35.5. The summed E-state index contributed by atoms with van der Waals surface area (Å²) in [6, 6.07) is 6.41. The van der Waals surface area contributed by atoms with Crippen molar-refractivity contribution in [2.24, 2.45) is 0 Å². The van der Waals surface area contributed by atoms with Crippen LogP contribution in [0.25, 0.3) is 27.9 Å². The average Bonchev–Trinajstić information content (AvgIpc) is 3.11. The Kier molecular flexibility index (Phi) is 2.60. The van der Waals surface area contributed by atoms with Crippen LogP contribution in [0, 0.1) is 10.1 Å². The Labute approximate surface area is 127 Å². The SMILES string of the molecule is O=[N+]([O-])c1ccc2c(ccn2-c2nc(Cl)nc3nc[nH]c23)c1. The van der Waals surface area contributed by atoms with Gasteiger partial charge < -0.3 is 4.98 Å². The fraction of sp³-hybridized carbons (Fsp3) is 0. The number of benzene rings is 1. The molecule has 4 rings (SSSR count). The van der Waals surface area contributed by atoms with Gasteiger partial charge in [-0.05, 0) is 23.7 Å². The van der Waals surface area contributed by atoms with Crippen molar-refractivity contribution in [3.05, 3.63) is 52.2 Å². The Morgan fingerprint density at radius 2 is 2.14 bits per heavy atom. The third-order valence-corrected chi connectivity index (χ3v) is 3.52. The summed E-state index contributed by atoms with van der Waals surface area (Å²) in [5, 5.41) is 11.7. The first-order valence-electron chi connectivity index (χ1n) is 6.26. The molecule has 0 aliphatic heterocycles. The zero-order chi connectivity index (χ0) is 15.3. The minimum Gasteiger partial charge on any atom is -0.340 e. The van der Waals surface area contributed by atoms with Gasteiger partial charge >= 0.3 is 0 Å². The lowest BCUT2D eigenvalue weighted by molar-refractivity contribution is -0.384. The van der Waals surface area contributed by atoms with Crippen LogP contribution < -0.4 is 0 Å². The van der Waals surface area contributed by atoms with E-state index in [9.17, 15) is 10.1 Å². The molecule has 0 saturated heterocycles. The van der Waals surface area contributed by atoms with Gasteiger partial charge in [-0.2, -0.15) is 9.97 Å². The van der Waals surface area contributed by atoms with Crippen LogP contribution in [0.2, 0.25) is 5.28 Å². The largest absolute Gasteiger partial charge is 0.340 e. The summed E-state index contributed by atoms with van der Waals surface area (Å²) in [6.45, 7) is 0. The van der Waals surface area contributed by atoms with Crippen LogP contribution in [0.5, 0.6) is 0 Å². The van der Waals surface area contributed by atoms with Crippen LogP contribution in [0.3, 0.4) is 0 Å². The Bertz CT molecular complexity index is 1040. The van der Waals surface area contributed by atoms with Crippen molar-refractivity contribution in [3.63, 3.8) is 0 Å². The van der Waals surface area contributed by atoms with Gasteiger partial charge in [0.25, 0.3) is 5.69 Å². The standard InChI is InChI=1S/C13H7ClN6O2/c14-13-17-11-10(15-6-16-11)12(18-13)19-4-3-7-5-8(20(21)22)1-2-9(7)19/h1-6H,(H,15,16,17,18). The van der Waals surface area contributed by atoms with Crippen LogP contribution >= 0.6 is 11.6 Å². The van der Waals surface area contributed by atoms with E-state index in [1.807, 2.05) is 0 Å². The summed E-state index contributed by atoms with van der Waals surface area (Å²) in [5.74, 6) is 0.538. The number of fused-ring (bicyclic) bond motifs is 2. The molecule has 4 aromatic rings. The summed E-state index contributed by atoms with van der Waals surface area (Å²) >= 11 is 5.94. The monoisotopic (exact) mass is 314 g/mol. The predicted molar refractivity (Wildman–Crippen MR) is 80.2 cm³/mol. The predicted octanol–water partition coefficient (Wildman–Crippen LogP) is 2.86. The first-order valence-corrected chi connectivity index (χ1v) is 6.64. The van der Waals surface area contributed by atoms with E-state index in [1.54, 1.807) is 22.9 Å². The van der Waals surface area contributed by atoms with E-state index in [1.165, 1.54) is 18.5 Å². The number of hydrogen-bond donors (Lipinski definition) is 1. The third-order valence-electron chi connectivity index (χ3n) is 3.35. The average molecular weight is 315 g/mol. The van der Waals surface area contributed by atoms with Crippen molar-refractivity contribution >= 4 is 39.4 Å². The van der Waals surface area contributed by atoms with E-state index < -0.39 is 4.92 Å². The number of aromatic amines is 1. The van der Waals surface area contributed by atoms with Crippen LogP contribution in [0.4, 0.5) is 5.69 Å². The lowest BCUT2D eigenvalue weighted by atomic mass is 10.2. The topological polar surface area (TPSA) is 103 Å². The van der Waals surface area contributed by atoms with E-state index in [4.69, 9.17) is 11.6 Å². The fourth-order valence-electron chi connectivity index (χ4n) is 2.39. The molecule has 0 bridgehead atoms. The third kappa shape index (κ3) is 1.81. The van der Waals surface area contributed by atoms with Gasteiger partial charge in [0.2, 0.25) is 5.28 Å². The second kappa shape index (κ2) is 4.50. The molecule has 0 spiro atoms. The minimum absolute atomic E-state index is 0.0395. The molecule has 0 saturated carbocycles. The normalized spacial score (nSPS) is 11.3. The summed E-state index contributed by atoms with van der Waals surface area (Å²) < 4.78 is 1.78. The summed E-state index contributed by atoms with van der Waals surface area (Å²) in [5.41, 5.74) is 1.91. The number of imidazole rings is 1. The molecular weight excluding hydrogens is 308 g/mol. The number of rotatable bonds is 2. The van der Waals surface area contributed by atoms with E-state index >= 15 is 0 Å². The molecule has 1 aromatic carbocycles. The Morgan fingerprint density at radius 1 is 1.27 bits per heavy atom. The lowest BCUT2D eigenvalue weighted by Gasteiger charge is -2.05. The van der Waals surface area contributed by atoms with Crippen molar-refractivity contribution in [1.29, 1.82) is 0 Å². The van der Waals surface area contributed by atoms with Gasteiger partial charge in [0, 0.05) is 23.7 Å². The van der Waals surface area contributed by atoms with Gasteiger partial charge in [0.1, 0.15) is 5.52 Å². The van der Waals surface area contributed by atoms with Crippen molar-refractivity contribution in [2.45, 2.75) is 0 Å². The van der Waals surface area contributed by atoms with Crippen LogP contribution in [-0.2, 0) is 0 Å². The highest BCUT2D eigenvalue weighted by molar-refractivity contribution is 6.28. The number of non-ortho nitro benzene ring substituents is 1. The van der Waals surface area contributed by atoms with Crippen molar-refractivity contribution in [1.82, 2.24) is 24.5 Å². The highest BCUT2D eigenvalue weighted by Gasteiger charge is 2.14. The zero-order valence-corrected chi connectivity index (χ0v) is 11.7. The number of halogens is 1. The molecule has 9 heteroatoms. The molecule has 0 atom stereocenters. The second-order valence-corrected chi connectivity index (χ2v) is 4.94. The number of aromatic nitrogens is 5. The molecular formula is C13H7ClN6O2. The molecule has 0 unspecified atom stereocenters. The Morgan fingerprint density at radius 3 is 2.95 bits per heavy atom. The molecule has 0 fully saturated rings. The second-order valence-electron chi connectivity index (χ2n) is 4.60. The van der Waals surface area contributed by atoms with Gasteiger partial charge in [0.15, 0.2) is 11.5 Å². The van der Waals surface area contributed by atoms with E-state index in [0.717, 1.165) is 10.9 Å². The molecule has 0 radical (unpaired) electrons. The van der Waals surface area contributed by atoms with Gasteiger partial charge in [-0.15, -0.1) is 0 Å². The summed E-state index contributed by atoms with van der Waals surface area (Å²) in [7, 11) is 0. The first-order chi connectivity index (χ1) is 10.6. The maximum atomic E-state index is 10.9. The molecule has 0 amide bonds. The van der Waals surface area contributed by atoms with Crippen LogP contribution in [0.1, 0.15) is 0 Å². The van der Waals surface area contributed by atoms with E-state index in [-0.39, 0.29) is 11.0 Å². The highest BCUT2D eigenvalue weighted by Crippen LogP contribution is 2.26. The van der Waals surface area contributed by atoms with Gasteiger partial charge in [-0.1, -0.05) is 0 Å². The van der Waals surface area contributed by atoms with Gasteiger partial charge in [-0.25, -0.2) is 4.98 Å². The van der Waals surface area contributed by atoms with Crippen molar-refractivity contribution in [3.8, 4) is 5.82 Å². The number of nitro benzene ring substituents is 1. The van der Waals surface area contributed by atoms with Gasteiger partial charge in [0.05, 0.1) is 16.8 Å². The van der Waals surface area contributed by atoms with Crippen LogP contribution in [-0.4, -0.2) is 29.4 Å². The number of nitrogens with zero attached hydrogens (tertiary/aromatic N) is 5. The van der Waals surface area contributed by atoms with E-state index in [0.29, 0.717) is 17.0 Å². The maximum Gasteiger partial charge on any atom is 0.270 e. The first kappa shape index (κ1) is 12.7. The lowest BCUT2D eigenvalue weighted by Crippen LogP contribution is -1.99. The van der Waals surface area contributed by atoms with Gasteiger partial charge in [-0.3, -0.25) is 14.7 Å². The molecule has 22 heavy (non-hydrogen) atoms. The molecule has 3 heterocycles. The fourth-order valence-corrected chi connectivity index (χ4v) is 2.55. The molecule has 108 valence electrons. The summed E-state index contributed by atoms with van der Waals surface area (Å²) in [6.07, 6.45) is 3.28. The molecule has 1 N–H and O–H groups in total. The number of nitro groups is 1. The molecule has 8 nitrogen and oxygen atoms in total. The molecule has 0 aliphatic carbocycles. The number of hydrogen-bond acceptors (Lipinski definition) is 5. The molecule has 3 aromatic heterocycles. The Hall–Kier alpha value is -3.00. The van der Waals surface area contributed by atoms with Crippen molar-refractivity contribution in [2.75, 3.05) is 0 Å². The van der Waals surface area contributed by atoms with Crippen LogP contribution in [0.15, 0.2) is 36.8 Å². The summed E-state index contributed by atoms with van der Waals surface area (Å²) in [4.78, 5) is 25.7. The minimum atomic E-state index is -0.425. The van der Waals surface area contributed by atoms with E-state index in [2.05, 4.69) is 19.9 Å². The Balaban J connectivity index is 2.00. The molecule has 0 aliphatic rings. The maximum absolute atomic E-state index is 10.9. The van der Waals surface area contributed by atoms with Crippen molar-refractivity contribution < 1.29 is 4.92 Å². The number of H-pyrrole nitrogens is 1. The smallest absolute Gasteiger partial charge is 0.270 e. The number of nitrogens with one attached hydrogen (secondary N) is 1.